The van der Waals surface area contributed by atoms with E-state index in [1.54, 1.807) is 12.1 Å². The first kappa shape index (κ1) is 14.6. The maximum atomic E-state index is 12.3. The third-order valence-electron chi connectivity index (χ3n) is 6.00. The molecule has 2 aliphatic carbocycles. The highest BCUT2D eigenvalue weighted by atomic mass is 16.5. The monoisotopic (exact) mass is 293 g/mol. The van der Waals surface area contributed by atoms with Crippen LogP contribution < -0.4 is 0 Å². The number of methoxy groups -OCH3 is 1. The average Bonchev–Trinajstić information content (AvgIpc) is 2.56. The van der Waals surface area contributed by atoms with Crippen molar-refractivity contribution >= 4 is 11.5 Å². The van der Waals surface area contributed by atoms with Crippen molar-refractivity contribution in [2.75, 3.05) is 7.11 Å². The molecular formula is C19H19NO2. The molecule has 0 aliphatic heterocycles. The fourth-order valence-electron chi connectivity index (χ4n) is 4.30. The SMILES string of the molecule is COC(=O)C1=C(c2ccc(C#N)cc2)C2(C)C(C)=C(C)C12C. The number of hydrogen-bond acceptors (Lipinski definition) is 3. The van der Waals surface area contributed by atoms with Gasteiger partial charge in [-0.05, 0) is 37.1 Å². The molecule has 2 unspecified atom stereocenters. The van der Waals surface area contributed by atoms with E-state index in [2.05, 4.69) is 33.8 Å². The molecule has 2 aliphatic rings. The molecule has 1 aromatic rings. The van der Waals surface area contributed by atoms with Crippen LogP contribution in [0.3, 0.4) is 0 Å². The maximum Gasteiger partial charge on any atom is 0.335 e. The highest BCUT2D eigenvalue weighted by Crippen LogP contribution is 2.77. The first-order valence-electron chi connectivity index (χ1n) is 7.36. The van der Waals surface area contributed by atoms with Crippen molar-refractivity contribution in [3.63, 3.8) is 0 Å². The number of hydrogen-bond donors (Lipinski definition) is 0. The van der Waals surface area contributed by atoms with Gasteiger partial charge in [0.05, 0.1) is 24.3 Å². The van der Waals surface area contributed by atoms with Gasteiger partial charge in [-0.2, -0.15) is 5.26 Å². The molecule has 0 bridgehead atoms. The molecule has 0 heterocycles. The molecule has 0 aromatic heterocycles. The Morgan fingerprint density at radius 1 is 1.09 bits per heavy atom. The van der Waals surface area contributed by atoms with Crippen molar-refractivity contribution in [2.45, 2.75) is 27.7 Å². The summed E-state index contributed by atoms with van der Waals surface area (Å²) in [5.74, 6) is -0.258. The molecule has 1 aromatic carbocycles. The second-order valence-electron chi connectivity index (χ2n) is 6.43. The number of fused-ring (bicyclic) bond motifs is 1. The van der Waals surface area contributed by atoms with E-state index in [4.69, 9.17) is 10.00 Å². The molecule has 0 saturated carbocycles. The van der Waals surface area contributed by atoms with Crippen molar-refractivity contribution in [1.29, 1.82) is 5.26 Å². The molecule has 3 nitrogen and oxygen atoms in total. The van der Waals surface area contributed by atoms with Crippen molar-refractivity contribution in [2.24, 2.45) is 10.8 Å². The van der Waals surface area contributed by atoms with E-state index in [0.29, 0.717) is 5.56 Å². The van der Waals surface area contributed by atoms with Crippen molar-refractivity contribution in [3.8, 4) is 6.07 Å². The molecule has 2 atom stereocenters. The van der Waals surface area contributed by atoms with Gasteiger partial charge in [0, 0.05) is 10.8 Å². The minimum absolute atomic E-state index is 0.130. The number of allylic oxidation sites excluding steroid dienone is 3. The molecule has 0 amide bonds. The number of carbonyl (C=O) groups excluding carboxylic acids is 1. The van der Waals surface area contributed by atoms with Gasteiger partial charge < -0.3 is 4.74 Å². The summed E-state index contributed by atoms with van der Waals surface area (Å²) in [6.07, 6.45) is 0. The van der Waals surface area contributed by atoms with Gasteiger partial charge in [0.25, 0.3) is 0 Å². The highest BCUT2D eigenvalue weighted by molar-refractivity contribution is 6.09. The Morgan fingerprint density at radius 3 is 2.14 bits per heavy atom. The Hall–Kier alpha value is -2.34. The summed E-state index contributed by atoms with van der Waals surface area (Å²) in [5, 5.41) is 8.95. The van der Waals surface area contributed by atoms with Crippen molar-refractivity contribution < 1.29 is 9.53 Å². The summed E-state index contributed by atoms with van der Waals surface area (Å²) in [6, 6.07) is 9.55. The summed E-state index contributed by atoms with van der Waals surface area (Å²) >= 11 is 0. The van der Waals surface area contributed by atoms with Crippen LogP contribution in [0.5, 0.6) is 0 Å². The van der Waals surface area contributed by atoms with Crippen LogP contribution in [0.4, 0.5) is 0 Å². The molecule has 3 heteroatoms. The highest BCUT2D eigenvalue weighted by Gasteiger charge is 2.69. The molecule has 0 fully saturated rings. The zero-order valence-electron chi connectivity index (χ0n) is 13.6. The average molecular weight is 293 g/mol. The van der Waals surface area contributed by atoms with Crippen molar-refractivity contribution in [3.05, 3.63) is 52.1 Å². The van der Waals surface area contributed by atoms with Crippen LogP contribution in [-0.4, -0.2) is 13.1 Å². The van der Waals surface area contributed by atoms with Gasteiger partial charge in [-0.25, -0.2) is 4.79 Å². The van der Waals surface area contributed by atoms with E-state index in [-0.39, 0.29) is 16.8 Å². The molecule has 112 valence electrons. The number of nitriles is 1. The Bertz CT molecular complexity index is 792. The Labute approximate surface area is 130 Å². The second kappa shape index (κ2) is 4.33. The zero-order valence-corrected chi connectivity index (χ0v) is 13.6. The van der Waals surface area contributed by atoms with Gasteiger partial charge in [-0.1, -0.05) is 37.1 Å². The summed E-state index contributed by atoms with van der Waals surface area (Å²) < 4.78 is 5.03. The van der Waals surface area contributed by atoms with E-state index in [1.807, 2.05) is 12.1 Å². The smallest absolute Gasteiger partial charge is 0.335 e. The lowest BCUT2D eigenvalue weighted by molar-refractivity contribution is -0.138. The quantitative estimate of drug-likeness (QED) is 0.614. The van der Waals surface area contributed by atoms with Gasteiger partial charge in [0.2, 0.25) is 0 Å². The lowest BCUT2D eigenvalue weighted by Gasteiger charge is -2.67. The first-order valence-corrected chi connectivity index (χ1v) is 7.36. The lowest BCUT2D eigenvalue weighted by Crippen LogP contribution is -2.60. The zero-order chi connectivity index (χ0) is 16.3. The maximum absolute atomic E-state index is 12.3. The number of nitrogens with zero attached hydrogens (tertiary/aromatic N) is 1. The van der Waals surface area contributed by atoms with Gasteiger partial charge in [0.1, 0.15) is 0 Å². The minimum atomic E-state index is -0.258. The summed E-state index contributed by atoms with van der Waals surface area (Å²) in [4.78, 5) is 12.3. The largest absolute Gasteiger partial charge is 0.466 e. The number of esters is 1. The number of carbonyl (C=O) groups is 1. The van der Waals surface area contributed by atoms with Crippen LogP contribution in [0.2, 0.25) is 0 Å². The van der Waals surface area contributed by atoms with Crippen LogP contribution in [0, 0.1) is 22.2 Å². The normalized spacial score (nSPS) is 29.3. The van der Waals surface area contributed by atoms with Gasteiger partial charge in [0.15, 0.2) is 0 Å². The van der Waals surface area contributed by atoms with E-state index in [9.17, 15) is 4.79 Å². The topological polar surface area (TPSA) is 50.1 Å². The Balaban J connectivity index is 2.21. The first-order chi connectivity index (χ1) is 10.3. The van der Waals surface area contributed by atoms with E-state index in [0.717, 1.165) is 16.7 Å². The number of benzene rings is 1. The third kappa shape index (κ3) is 1.33. The summed E-state index contributed by atoms with van der Waals surface area (Å²) in [5.41, 5.74) is 5.61. The standard InChI is InChI=1S/C19H19NO2/c1-11-12(2)19(4)16(17(21)22-5)15(18(11,19)3)14-8-6-13(10-20)7-9-14/h6-9H,1-5H3. The summed E-state index contributed by atoms with van der Waals surface area (Å²) in [7, 11) is 1.43. The predicted octanol–water partition coefficient (Wildman–Crippen LogP) is 3.86. The predicted molar refractivity (Wildman–Crippen MR) is 84.7 cm³/mol. The minimum Gasteiger partial charge on any atom is -0.466 e. The van der Waals surface area contributed by atoms with Gasteiger partial charge in [-0.15, -0.1) is 0 Å². The van der Waals surface area contributed by atoms with Gasteiger partial charge in [-0.3, -0.25) is 0 Å². The number of ether oxygens (including phenoxy) is 1. The molecule has 0 radical (unpaired) electrons. The van der Waals surface area contributed by atoms with Crippen LogP contribution in [-0.2, 0) is 9.53 Å². The summed E-state index contributed by atoms with van der Waals surface area (Å²) in [6.45, 7) is 8.54. The van der Waals surface area contributed by atoms with Crippen LogP contribution in [0.25, 0.3) is 5.57 Å². The fraction of sp³-hybridized carbons (Fsp3) is 0.368. The molecule has 3 rings (SSSR count). The second-order valence-corrected chi connectivity index (χ2v) is 6.43. The number of rotatable bonds is 2. The van der Waals surface area contributed by atoms with Gasteiger partial charge >= 0.3 is 5.97 Å². The van der Waals surface area contributed by atoms with Crippen molar-refractivity contribution in [1.82, 2.24) is 0 Å². The lowest BCUT2D eigenvalue weighted by atomic mass is 9.35. The van der Waals surface area contributed by atoms with Crippen LogP contribution in [0.15, 0.2) is 41.0 Å². The molecule has 22 heavy (non-hydrogen) atoms. The Kier molecular flexibility index (Phi) is 2.87. The fourth-order valence-corrected chi connectivity index (χ4v) is 4.30. The van der Waals surface area contributed by atoms with E-state index >= 15 is 0 Å². The van der Waals surface area contributed by atoms with Crippen LogP contribution in [0.1, 0.15) is 38.8 Å². The molecular weight excluding hydrogens is 274 g/mol. The third-order valence-corrected chi connectivity index (χ3v) is 6.00. The van der Waals surface area contributed by atoms with E-state index < -0.39 is 0 Å². The molecule has 0 spiro atoms. The Morgan fingerprint density at radius 2 is 1.64 bits per heavy atom. The van der Waals surface area contributed by atoms with E-state index in [1.165, 1.54) is 18.3 Å². The molecule has 0 N–H and O–H groups in total. The molecule has 0 saturated heterocycles. The van der Waals surface area contributed by atoms with Crippen LogP contribution >= 0.6 is 0 Å².